The second-order valence-electron chi connectivity index (χ2n) is 17.1. The van der Waals surface area contributed by atoms with Gasteiger partial charge in [0.25, 0.3) is 0 Å². The Balaban J connectivity index is 0.000000271. The molecule has 0 spiro atoms. The second-order valence-corrected chi connectivity index (χ2v) is 17.1. The van der Waals surface area contributed by atoms with Crippen molar-refractivity contribution in [2.24, 2.45) is 0 Å². The zero-order valence-electron chi connectivity index (χ0n) is 44.5. The Kier molecular flexibility index (Phi) is 28.7. The first-order valence-electron chi connectivity index (χ1n) is 24.5. The molecule has 438 valence electrons. The molecule has 0 saturated heterocycles. The monoisotopic (exact) mass is 1530 g/mol. The van der Waals surface area contributed by atoms with Crippen molar-refractivity contribution in [1.82, 2.24) is 9.97 Å². The Bertz CT molecular complexity index is 3250. The first kappa shape index (κ1) is 70.9. The van der Waals surface area contributed by atoms with Gasteiger partial charge < -0.3 is 27.7 Å². The van der Waals surface area contributed by atoms with E-state index in [1.165, 1.54) is 0 Å². The molecule has 0 fully saturated rings. The van der Waals surface area contributed by atoms with Gasteiger partial charge in [0.2, 0.25) is 0 Å². The van der Waals surface area contributed by atoms with E-state index in [4.69, 9.17) is 12.8 Å². The normalized spacial score (nSPS) is 10.5. The Morgan fingerprint density at radius 3 is 1.00 bits per heavy atom. The van der Waals surface area contributed by atoms with Gasteiger partial charge in [-0.05, 0) is 47.8 Å². The summed E-state index contributed by atoms with van der Waals surface area (Å²) >= 11 is 0. The zero-order chi connectivity index (χ0) is 60.5. The standard InChI is InChI=1S/C20H14N.2C11H8N.2C9H5F6.C8H5.2Au/c1-2-17-13-15-20(16-14-17)21(18-9-5-3-6-10-18)19-11-7-4-8-12-19;2*1-2-6-10(7-3-1)11-8-4-5-9-12-11;2*1-5-2-6(8(10,11)12)4-7(3-5)9(13,14)15;1-2-8-6-4-3-5-7-8;;/h3-16H;2*1-6,8-9H;2*2,4H,1H3;3-7H;;/q6*-1;2*+3. The molecule has 10 rings (SSSR count). The largest absolute Gasteiger partial charge is 3.00 e. The van der Waals surface area contributed by atoms with Crippen LogP contribution in [0.5, 0.6) is 0 Å². The smallest absolute Gasteiger partial charge is 0.366 e. The van der Waals surface area contributed by atoms with Crippen LogP contribution >= 0.6 is 0 Å². The fraction of sp³-hybridized carbons (Fsp3) is 0.0882. The summed E-state index contributed by atoms with van der Waals surface area (Å²) in [6.45, 7) is 2.26. The van der Waals surface area contributed by atoms with E-state index in [0.29, 0.717) is 12.1 Å². The van der Waals surface area contributed by atoms with E-state index < -0.39 is 47.0 Å². The third kappa shape index (κ3) is 24.4. The Labute approximate surface area is 517 Å². The van der Waals surface area contributed by atoms with Gasteiger partial charge in [0, 0.05) is 29.5 Å². The molecule has 0 aliphatic rings. The number of anilines is 3. The molecule has 0 unspecified atom stereocenters. The summed E-state index contributed by atoms with van der Waals surface area (Å²) in [5.74, 6) is 4.68. The van der Waals surface area contributed by atoms with Gasteiger partial charge in [-0.1, -0.05) is 127 Å². The van der Waals surface area contributed by atoms with Crippen LogP contribution in [0.1, 0.15) is 44.5 Å². The molecule has 0 saturated carbocycles. The fourth-order valence-corrected chi connectivity index (χ4v) is 7.03. The quantitative estimate of drug-likeness (QED) is 0.0744. The maximum Gasteiger partial charge on any atom is 3.00 e. The fourth-order valence-electron chi connectivity index (χ4n) is 7.03. The van der Waals surface area contributed by atoms with Crippen molar-refractivity contribution in [3.8, 4) is 34.4 Å². The van der Waals surface area contributed by atoms with Gasteiger partial charge in [-0.25, -0.2) is 0 Å². The number of halogens is 12. The summed E-state index contributed by atoms with van der Waals surface area (Å²) in [4.78, 5) is 10.6. The summed E-state index contributed by atoms with van der Waals surface area (Å²) in [5.41, 5.74) is 3.06. The predicted molar refractivity (Wildman–Crippen MR) is 297 cm³/mol. The molecule has 2 aromatic heterocycles. The van der Waals surface area contributed by atoms with Crippen molar-refractivity contribution in [2.75, 3.05) is 4.90 Å². The second kappa shape index (κ2) is 34.4. The topological polar surface area (TPSA) is 29.0 Å². The van der Waals surface area contributed by atoms with Crippen LogP contribution in [0, 0.1) is 62.8 Å². The average molecular weight is 1530 g/mol. The summed E-state index contributed by atoms with van der Waals surface area (Å²) in [6.07, 6.45) is -1.73. The van der Waals surface area contributed by atoms with Crippen LogP contribution in [-0.4, -0.2) is 9.97 Å². The van der Waals surface area contributed by atoms with Crippen molar-refractivity contribution in [3.05, 3.63) is 318 Å². The van der Waals surface area contributed by atoms with E-state index in [1.54, 1.807) is 12.4 Å². The van der Waals surface area contributed by atoms with Gasteiger partial charge in [-0.15, -0.1) is 119 Å². The van der Waals surface area contributed by atoms with E-state index >= 15 is 0 Å². The number of pyridine rings is 2. The Morgan fingerprint density at radius 1 is 0.376 bits per heavy atom. The molecule has 10 aromatic rings. The number of rotatable bonds is 5. The van der Waals surface area contributed by atoms with Crippen LogP contribution in [0.25, 0.3) is 22.5 Å². The van der Waals surface area contributed by atoms with Crippen molar-refractivity contribution >= 4 is 17.1 Å². The third-order valence-electron chi connectivity index (χ3n) is 10.8. The maximum atomic E-state index is 12.2. The van der Waals surface area contributed by atoms with Gasteiger partial charge in [-0.2, -0.15) is 88.1 Å². The number of hydrogen-bond acceptors (Lipinski definition) is 3. The first-order chi connectivity index (χ1) is 39.5. The predicted octanol–water partition coefficient (Wildman–Crippen LogP) is 19.5. The van der Waals surface area contributed by atoms with Crippen LogP contribution in [0.15, 0.2) is 237 Å². The number of benzene rings is 8. The Hall–Kier alpha value is -8.38. The van der Waals surface area contributed by atoms with E-state index in [-0.39, 0.29) is 68.0 Å². The number of hydrogen-bond donors (Lipinski definition) is 0. The molecule has 0 aliphatic carbocycles. The van der Waals surface area contributed by atoms with Crippen molar-refractivity contribution < 1.29 is 97.4 Å². The number of alkyl halides is 12. The molecule has 17 heteroatoms. The van der Waals surface area contributed by atoms with Crippen LogP contribution in [0.4, 0.5) is 69.7 Å². The SMILES string of the molecule is Cc1[c-]c(C(F)(F)F)cc(C(F)(F)F)c1.Cc1[c-]c(C(F)(F)F)cc(C(F)(F)F)c1.[Au+3].[Au+3].[C-]#Cc1ccc(N(c2ccccc2)c2ccccc2)cc1.[C-]#Cc1ccccc1.[c-]1ccccc1-c1ccccn1.[c-]1ccccc1-c1ccccn1. The minimum Gasteiger partial charge on any atom is -0.366 e. The van der Waals surface area contributed by atoms with Gasteiger partial charge in [0.05, 0.1) is 0 Å². The maximum absolute atomic E-state index is 12.2. The summed E-state index contributed by atoms with van der Waals surface area (Å²) in [5, 5.41) is 0. The minimum absolute atomic E-state index is 0. The molecule has 3 nitrogen and oxygen atoms in total. The summed E-state index contributed by atoms with van der Waals surface area (Å²) in [7, 11) is 0. The van der Waals surface area contributed by atoms with Gasteiger partial charge >= 0.3 is 69.5 Å². The molecule has 0 N–H and O–H groups in total. The zero-order valence-corrected chi connectivity index (χ0v) is 48.8. The molecule has 0 amide bonds. The van der Waals surface area contributed by atoms with Crippen LogP contribution < -0.4 is 4.90 Å². The number of aromatic nitrogens is 2. The van der Waals surface area contributed by atoms with E-state index in [2.05, 4.69) is 63.1 Å². The third-order valence-corrected chi connectivity index (χ3v) is 10.8. The summed E-state index contributed by atoms with van der Waals surface area (Å²) < 4.78 is 146. The molecule has 2 heterocycles. The number of para-hydroxylation sites is 2. The van der Waals surface area contributed by atoms with E-state index in [0.717, 1.165) is 64.6 Å². The number of aryl methyl sites for hydroxylation is 2. The van der Waals surface area contributed by atoms with Gasteiger partial charge in [-0.3, -0.25) is 11.8 Å². The van der Waals surface area contributed by atoms with Gasteiger partial charge in [0.1, 0.15) is 0 Å². The van der Waals surface area contributed by atoms with Crippen molar-refractivity contribution in [2.45, 2.75) is 38.6 Å². The molecule has 8 aromatic carbocycles. The van der Waals surface area contributed by atoms with Crippen LogP contribution in [-0.2, 0) is 69.5 Å². The van der Waals surface area contributed by atoms with Crippen LogP contribution in [0.2, 0.25) is 0 Å². The molecule has 85 heavy (non-hydrogen) atoms. The first-order valence-corrected chi connectivity index (χ1v) is 24.5. The number of nitrogens with zero attached hydrogens (tertiary/aromatic N) is 3. The molecular formula is C68H45Au2F12N3. The van der Waals surface area contributed by atoms with E-state index in [9.17, 15) is 52.7 Å². The van der Waals surface area contributed by atoms with Gasteiger partial charge in [0.15, 0.2) is 0 Å². The van der Waals surface area contributed by atoms with Crippen molar-refractivity contribution in [1.29, 1.82) is 0 Å². The molecular weight excluding hydrogens is 1480 g/mol. The summed E-state index contributed by atoms with van der Waals surface area (Å²) in [6, 6.07) is 76.3. The van der Waals surface area contributed by atoms with Crippen LogP contribution in [0.3, 0.4) is 0 Å². The Morgan fingerprint density at radius 2 is 0.706 bits per heavy atom. The van der Waals surface area contributed by atoms with Crippen molar-refractivity contribution in [3.63, 3.8) is 0 Å². The molecule has 0 atom stereocenters. The molecule has 0 aliphatic heterocycles. The molecule has 0 radical (unpaired) electrons. The minimum atomic E-state index is -4.81. The average Bonchev–Trinajstić information content (AvgIpc) is 3.56. The molecule has 0 bridgehead atoms. The van der Waals surface area contributed by atoms with E-state index in [1.807, 2.05) is 188 Å².